The van der Waals surface area contributed by atoms with Gasteiger partial charge in [-0.2, -0.15) is 0 Å². The first kappa shape index (κ1) is 23.6. The Balaban J connectivity index is 2.05. The van der Waals surface area contributed by atoms with Gasteiger partial charge < -0.3 is 14.4 Å². The second-order valence-corrected chi connectivity index (χ2v) is 8.24. The van der Waals surface area contributed by atoms with Gasteiger partial charge in [0.1, 0.15) is 12.0 Å². The molecule has 3 atom stereocenters. The second-order valence-electron chi connectivity index (χ2n) is 8.24. The van der Waals surface area contributed by atoms with E-state index in [0.717, 1.165) is 19.4 Å². The Labute approximate surface area is 187 Å². The number of aliphatic imine (C=N–C) groups is 1. The number of rotatable bonds is 6. The smallest absolute Gasteiger partial charge is 0.336 e. The molecule has 2 heterocycles. The monoisotopic (exact) mass is 443 g/mol. The molecule has 0 spiro atoms. The predicted molar refractivity (Wildman–Crippen MR) is 118 cm³/mol. The number of hydrogen-bond donors (Lipinski definition) is 0. The zero-order valence-electron chi connectivity index (χ0n) is 18.9. The molecule has 0 bridgehead atoms. The number of nitro benzene ring substituents is 1. The molecule has 9 heteroatoms. The summed E-state index contributed by atoms with van der Waals surface area (Å²) >= 11 is 0. The number of non-ortho nitro benzene ring substituents is 1. The van der Waals surface area contributed by atoms with Gasteiger partial charge in [0.15, 0.2) is 0 Å². The Kier molecular flexibility index (Phi) is 7.40. The maximum Gasteiger partial charge on any atom is 0.336 e. The maximum atomic E-state index is 13.4. The number of hydrogen-bond acceptors (Lipinski definition) is 8. The molecule has 9 nitrogen and oxygen atoms in total. The summed E-state index contributed by atoms with van der Waals surface area (Å²) in [5.41, 5.74) is 1.52. The van der Waals surface area contributed by atoms with Crippen LogP contribution in [0.15, 0.2) is 40.5 Å². The molecule has 1 unspecified atom stereocenters. The van der Waals surface area contributed by atoms with Gasteiger partial charge in [0, 0.05) is 36.0 Å². The molecule has 1 aromatic carbocycles. The summed E-state index contributed by atoms with van der Waals surface area (Å²) in [4.78, 5) is 43.7. The Bertz CT molecular complexity index is 970. The number of benzene rings is 1. The topological polar surface area (TPSA) is 111 Å². The summed E-state index contributed by atoms with van der Waals surface area (Å²) in [5, 5.41) is 11.4. The lowest BCUT2D eigenvalue weighted by Gasteiger charge is -2.33. The van der Waals surface area contributed by atoms with E-state index in [-0.39, 0.29) is 24.0 Å². The summed E-state index contributed by atoms with van der Waals surface area (Å²) in [6.45, 7) is 6.84. The number of piperidine rings is 1. The van der Waals surface area contributed by atoms with Gasteiger partial charge in [-0.25, -0.2) is 4.79 Å². The molecule has 2 aliphatic heterocycles. The lowest BCUT2D eigenvalue weighted by molar-refractivity contribution is -0.384. The van der Waals surface area contributed by atoms with E-state index in [4.69, 9.17) is 9.47 Å². The van der Waals surface area contributed by atoms with Crippen molar-refractivity contribution in [3.63, 3.8) is 0 Å². The predicted octanol–water partition coefficient (Wildman–Crippen LogP) is 3.24. The standard InChI is InChI=1S/C23H29N3O6/c1-5-31-22(27)19-14(2)24-15(3)20(23(28)32-18-10-7-11-25(4)13-18)21(19)16-8-6-9-17(12-16)26(29)30/h6,8-9,12,18-19,21H,5,7,10-11,13H2,1-4H3/t18-,19?,21+/m1/s1. The quantitative estimate of drug-likeness (QED) is 0.377. The van der Waals surface area contributed by atoms with Crippen molar-refractivity contribution in [1.29, 1.82) is 0 Å². The van der Waals surface area contributed by atoms with Gasteiger partial charge in [-0.3, -0.25) is 19.9 Å². The van der Waals surface area contributed by atoms with Gasteiger partial charge in [0.05, 0.1) is 17.1 Å². The van der Waals surface area contributed by atoms with E-state index < -0.39 is 28.7 Å². The molecular weight excluding hydrogens is 414 g/mol. The van der Waals surface area contributed by atoms with E-state index >= 15 is 0 Å². The van der Waals surface area contributed by atoms with Gasteiger partial charge in [-0.1, -0.05) is 12.1 Å². The highest BCUT2D eigenvalue weighted by Gasteiger charge is 2.43. The average Bonchev–Trinajstić information content (AvgIpc) is 2.73. The number of carbonyl (C=O) groups is 2. The summed E-state index contributed by atoms with van der Waals surface area (Å²) in [6.07, 6.45) is 1.41. The van der Waals surface area contributed by atoms with Crippen molar-refractivity contribution in [1.82, 2.24) is 4.90 Å². The van der Waals surface area contributed by atoms with Crippen molar-refractivity contribution in [2.75, 3.05) is 26.7 Å². The van der Waals surface area contributed by atoms with Crippen LogP contribution in [-0.4, -0.2) is 60.3 Å². The zero-order chi connectivity index (χ0) is 23.4. The first-order chi connectivity index (χ1) is 15.2. The molecule has 0 radical (unpaired) electrons. The SMILES string of the molecule is CCOC(=O)C1C(C)=NC(C)=C(C(=O)O[C@@H]2CCCN(C)C2)[C@H]1c1cccc([N+](=O)[O-])c1. The van der Waals surface area contributed by atoms with E-state index in [9.17, 15) is 19.7 Å². The molecule has 0 amide bonds. The lowest BCUT2D eigenvalue weighted by atomic mass is 9.75. The van der Waals surface area contributed by atoms with Crippen LogP contribution in [0.5, 0.6) is 0 Å². The molecule has 32 heavy (non-hydrogen) atoms. The normalized spacial score (nSPS) is 24.0. The van der Waals surface area contributed by atoms with Crippen LogP contribution >= 0.6 is 0 Å². The molecule has 3 rings (SSSR count). The maximum absolute atomic E-state index is 13.4. The molecule has 172 valence electrons. The summed E-state index contributed by atoms with van der Waals surface area (Å²) in [5.74, 6) is -2.75. The number of nitro groups is 1. The van der Waals surface area contributed by atoms with E-state index in [1.165, 1.54) is 12.1 Å². The van der Waals surface area contributed by atoms with Gasteiger partial charge in [0.2, 0.25) is 0 Å². The number of likely N-dealkylation sites (N-methyl/N-ethyl adjacent to an activating group) is 1. The average molecular weight is 444 g/mol. The number of likely N-dealkylation sites (tertiary alicyclic amines) is 1. The van der Waals surface area contributed by atoms with Crippen LogP contribution in [0.2, 0.25) is 0 Å². The molecule has 0 N–H and O–H groups in total. The van der Waals surface area contributed by atoms with Crippen LogP contribution < -0.4 is 0 Å². The van der Waals surface area contributed by atoms with Crippen LogP contribution in [0.1, 0.15) is 45.1 Å². The van der Waals surface area contributed by atoms with Crippen LogP contribution in [0.3, 0.4) is 0 Å². The highest BCUT2D eigenvalue weighted by molar-refractivity contribution is 6.07. The molecular formula is C23H29N3O6. The van der Waals surface area contributed by atoms with Crippen molar-refractivity contribution < 1.29 is 24.0 Å². The van der Waals surface area contributed by atoms with Gasteiger partial charge in [-0.15, -0.1) is 0 Å². The minimum atomic E-state index is -0.878. The third-order valence-electron chi connectivity index (χ3n) is 5.88. The van der Waals surface area contributed by atoms with E-state index in [2.05, 4.69) is 9.89 Å². The number of nitrogens with zero attached hydrogens (tertiary/aromatic N) is 3. The van der Waals surface area contributed by atoms with Crippen molar-refractivity contribution in [2.24, 2.45) is 10.9 Å². The van der Waals surface area contributed by atoms with Crippen LogP contribution in [0, 0.1) is 16.0 Å². The molecule has 0 aromatic heterocycles. The molecule has 1 aromatic rings. The fourth-order valence-electron chi connectivity index (χ4n) is 4.46. The van der Waals surface area contributed by atoms with Crippen molar-refractivity contribution in [3.05, 3.63) is 51.2 Å². The highest BCUT2D eigenvalue weighted by atomic mass is 16.6. The van der Waals surface area contributed by atoms with E-state index in [0.29, 0.717) is 23.5 Å². The minimum Gasteiger partial charge on any atom is -0.465 e. The third kappa shape index (κ3) is 5.04. The zero-order valence-corrected chi connectivity index (χ0v) is 18.9. The minimum absolute atomic E-state index is 0.121. The van der Waals surface area contributed by atoms with Gasteiger partial charge >= 0.3 is 11.9 Å². The van der Waals surface area contributed by atoms with E-state index in [1.807, 2.05) is 7.05 Å². The lowest BCUT2D eigenvalue weighted by Crippen LogP contribution is -2.40. The number of ether oxygens (including phenoxy) is 2. The number of allylic oxidation sites excluding steroid dienone is 1. The Hall–Kier alpha value is -3.07. The van der Waals surface area contributed by atoms with Crippen molar-refractivity contribution in [3.8, 4) is 0 Å². The highest BCUT2D eigenvalue weighted by Crippen LogP contribution is 2.41. The molecule has 0 aliphatic carbocycles. The van der Waals surface area contributed by atoms with Crippen LogP contribution in [0.25, 0.3) is 0 Å². The van der Waals surface area contributed by atoms with Crippen LogP contribution in [-0.2, 0) is 19.1 Å². The summed E-state index contributed by atoms with van der Waals surface area (Å²) in [7, 11) is 1.97. The van der Waals surface area contributed by atoms with E-state index in [1.54, 1.807) is 32.9 Å². The number of esters is 2. The van der Waals surface area contributed by atoms with Gasteiger partial charge in [0.25, 0.3) is 5.69 Å². The fourth-order valence-corrected chi connectivity index (χ4v) is 4.46. The Morgan fingerprint density at radius 1 is 1.31 bits per heavy atom. The molecule has 1 saturated heterocycles. The largest absolute Gasteiger partial charge is 0.465 e. The molecule has 2 aliphatic rings. The fraction of sp³-hybridized carbons (Fsp3) is 0.522. The summed E-state index contributed by atoms with van der Waals surface area (Å²) in [6, 6.07) is 5.99. The van der Waals surface area contributed by atoms with Crippen LogP contribution in [0.4, 0.5) is 5.69 Å². The van der Waals surface area contributed by atoms with Crippen molar-refractivity contribution in [2.45, 2.75) is 45.6 Å². The Morgan fingerprint density at radius 2 is 2.06 bits per heavy atom. The van der Waals surface area contributed by atoms with Crippen molar-refractivity contribution >= 4 is 23.3 Å². The molecule has 1 fully saturated rings. The third-order valence-corrected chi connectivity index (χ3v) is 5.88. The second kappa shape index (κ2) is 10.0. The van der Waals surface area contributed by atoms with Gasteiger partial charge in [-0.05, 0) is 52.8 Å². The Morgan fingerprint density at radius 3 is 2.72 bits per heavy atom. The number of carbonyl (C=O) groups excluding carboxylic acids is 2. The molecule has 0 saturated carbocycles. The first-order valence-electron chi connectivity index (χ1n) is 10.8. The summed E-state index contributed by atoms with van der Waals surface area (Å²) < 4.78 is 11.1. The first-order valence-corrected chi connectivity index (χ1v) is 10.8.